The number of imide groups is 1. The van der Waals surface area contributed by atoms with Gasteiger partial charge in [0.25, 0.3) is 0 Å². The summed E-state index contributed by atoms with van der Waals surface area (Å²) in [6.45, 7) is 0. The molecule has 1 fully saturated rings. The molecule has 1 aliphatic rings. The van der Waals surface area contributed by atoms with E-state index < -0.39 is 17.6 Å². The van der Waals surface area contributed by atoms with Crippen LogP contribution in [0.4, 0.5) is 9.59 Å². The summed E-state index contributed by atoms with van der Waals surface area (Å²) in [5.41, 5.74) is -2.43. The fourth-order valence-corrected chi connectivity index (χ4v) is 2.22. The summed E-state index contributed by atoms with van der Waals surface area (Å²) in [5.74, 6) is 0. The molecule has 10 heavy (non-hydrogen) atoms. The number of carbonyl (C=O) groups excluding carboxylic acids is 2. The quantitative estimate of drug-likeness (QED) is 0.330. The number of nitrogens with one attached hydrogen (secondary N) is 3. The third kappa shape index (κ3) is 1.86. The Morgan fingerprint density at radius 1 is 1.30 bits per heavy atom. The molecule has 0 radical (unpaired) electrons. The second-order valence-corrected chi connectivity index (χ2v) is 7.44. The normalized spacial score (nSPS) is 22.5. The van der Waals surface area contributed by atoms with Gasteiger partial charge in [0.1, 0.15) is 0 Å². The zero-order valence-electron chi connectivity index (χ0n) is 4.62. The van der Waals surface area contributed by atoms with E-state index in [-0.39, 0.29) is 0 Å². The van der Waals surface area contributed by atoms with E-state index in [0.717, 1.165) is 0 Å². The number of thiol groups is 1. The molecule has 0 bridgehead atoms. The van der Waals surface area contributed by atoms with Gasteiger partial charge in [-0.05, 0) is 11.8 Å². The molecule has 0 aromatic heterocycles. The first-order valence-electron chi connectivity index (χ1n) is 2.24. The molecule has 0 aromatic carbocycles. The maximum Gasteiger partial charge on any atom is 0.328 e. The van der Waals surface area contributed by atoms with Gasteiger partial charge >= 0.3 is 12.1 Å². The highest BCUT2D eigenvalue weighted by atomic mass is 32.9. The highest BCUT2D eigenvalue weighted by molar-refractivity contribution is 8.62. The number of urea groups is 2. The Morgan fingerprint density at radius 2 is 1.70 bits per heavy atom. The fourth-order valence-electron chi connectivity index (χ4n) is 0.462. The molecular formula is C2H4N3O2PS2. The van der Waals surface area contributed by atoms with E-state index in [1.807, 2.05) is 5.32 Å². The van der Waals surface area contributed by atoms with Crippen LogP contribution in [0.3, 0.4) is 0 Å². The van der Waals surface area contributed by atoms with Crippen molar-refractivity contribution < 1.29 is 9.59 Å². The van der Waals surface area contributed by atoms with Crippen LogP contribution in [0.15, 0.2) is 0 Å². The molecule has 0 atom stereocenters. The van der Waals surface area contributed by atoms with E-state index >= 15 is 0 Å². The number of hydrogen-bond donors (Lipinski definition) is 4. The average molecular weight is 197 g/mol. The molecule has 4 amide bonds. The third-order valence-corrected chi connectivity index (χ3v) is 2.89. The van der Waals surface area contributed by atoms with E-state index in [1.165, 1.54) is 0 Å². The van der Waals surface area contributed by atoms with Crippen molar-refractivity contribution in [2.45, 2.75) is 0 Å². The van der Waals surface area contributed by atoms with E-state index in [9.17, 15) is 9.59 Å². The average Bonchev–Trinajstić information content (AvgIpc) is 1.54. The van der Waals surface area contributed by atoms with Crippen LogP contribution in [-0.4, -0.2) is 12.1 Å². The van der Waals surface area contributed by atoms with Gasteiger partial charge in [-0.2, -0.15) is 0 Å². The van der Waals surface area contributed by atoms with Crippen LogP contribution < -0.4 is 15.5 Å². The topological polar surface area (TPSA) is 70.2 Å². The minimum atomic E-state index is -2.43. The molecule has 0 spiro atoms. The third-order valence-electron chi connectivity index (χ3n) is 0.733. The van der Waals surface area contributed by atoms with Crippen molar-refractivity contribution in [2.24, 2.45) is 0 Å². The van der Waals surface area contributed by atoms with Gasteiger partial charge in [-0.15, -0.1) is 12.2 Å². The smallest absolute Gasteiger partial charge is 0.286 e. The lowest BCUT2D eigenvalue weighted by Gasteiger charge is -2.23. The van der Waals surface area contributed by atoms with Crippen LogP contribution in [0, 0.1) is 0 Å². The highest BCUT2D eigenvalue weighted by Crippen LogP contribution is 2.42. The van der Waals surface area contributed by atoms with Gasteiger partial charge in [0.15, 0.2) is 5.54 Å². The maximum atomic E-state index is 10.5. The lowest BCUT2D eigenvalue weighted by atomic mass is 10.9. The summed E-state index contributed by atoms with van der Waals surface area (Å²) >= 11 is 8.58. The minimum absolute atomic E-state index is 0.595. The van der Waals surface area contributed by atoms with Crippen LogP contribution in [0.1, 0.15) is 0 Å². The zero-order chi connectivity index (χ0) is 7.78. The van der Waals surface area contributed by atoms with Crippen LogP contribution in [-0.2, 0) is 11.8 Å². The largest absolute Gasteiger partial charge is 0.328 e. The van der Waals surface area contributed by atoms with Crippen LogP contribution >= 0.6 is 17.8 Å². The van der Waals surface area contributed by atoms with Crippen LogP contribution in [0.5, 0.6) is 0 Å². The minimum Gasteiger partial charge on any atom is -0.286 e. The molecule has 1 saturated heterocycles. The monoisotopic (exact) mass is 197 g/mol. The summed E-state index contributed by atoms with van der Waals surface area (Å²) in [5, 5.41) is 6.54. The van der Waals surface area contributed by atoms with Crippen molar-refractivity contribution in [1.29, 1.82) is 0 Å². The number of rotatable bonds is 0. The maximum absolute atomic E-state index is 10.5. The van der Waals surface area contributed by atoms with Crippen molar-refractivity contribution in [2.75, 3.05) is 0 Å². The molecule has 0 aromatic rings. The Hall–Kier alpha value is -0.260. The fraction of sp³-hybridized carbons (Fsp3) is 0. The predicted octanol–water partition coefficient (Wildman–Crippen LogP) is 0.163. The van der Waals surface area contributed by atoms with E-state index in [0.29, 0.717) is 0 Å². The lowest BCUT2D eigenvalue weighted by Crippen LogP contribution is -2.49. The van der Waals surface area contributed by atoms with Crippen LogP contribution in [0.25, 0.3) is 0 Å². The Morgan fingerprint density at radius 3 is 2.00 bits per heavy atom. The molecule has 0 saturated carbocycles. The summed E-state index contributed by atoms with van der Waals surface area (Å²) in [6, 6.07) is -1.19. The summed E-state index contributed by atoms with van der Waals surface area (Å²) < 4.78 is 0. The van der Waals surface area contributed by atoms with E-state index in [2.05, 4.69) is 22.4 Å². The molecule has 56 valence electrons. The Bertz CT molecular complexity index is 221. The number of amides is 4. The second-order valence-electron chi connectivity index (χ2n) is 1.58. The number of carbonyl (C=O) groups is 2. The summed E-state index contributed by atoms with van der Waals surface area (Å²) in [4.78, 5) is 21.0. The number of hydrogen-bond acceptors (Lipinski definition) is 3. The van der Waals surface area contributed by atoms with Crippen LogP contribution in [0.2, 0.25) is 0 Å². The predicted molar refractivity (Wildman–Crippen MR) is 43.5 cm³/mol. The van der Waals surface area contributed by atoms with Crippen molar-refractivity contribution in [3.05, 3.63) is 0 Å². The highest BCUT2D eigenvalue weighted by Gasteiger charge is 2.24. The first-order valence-corrected chi connectivity index (χ1v) is 6.19. The Balaban J connectivity index is 2.79. The van der Waals surface area contributed by atoms with Gasteiger partial charge in [0.05, 0.1) is 0 Å². The SMILES string of the molecule is O=C1NC(=O)NP(=S)(S)N1. The zero-order valence-corrected chi connectivity index (χ0v) is 7.22. The lowest BCUT2D eigenvalue weighted by molar-refractivity contribution is 0.231. The van der Waals surface area contributed by atoms with Gasteiger partial charge in [-0.1, -0.05) is 0 Å². The first-order chi connectivity index (χ1) is 4.49. The van der Waals surface area contributed by atoms with Gasteiger partial charge < -0.3 is 0 Å². The Kier molecular flexibility index (Phi) is 1.89. The molecule has 0 aliphatic carbocycles. The van der Waals surface area contributed by atoms with E-state index in [4.69, 9.17) is 11.8 Å². The molecule has 3 N–H and O–H groups in total. The second kappa shape index (κ2) is 2.41. The molecular weight excluding hydrogens is 193 g/mol. The van der Waals surface area contributed by atoms with Crippen molar-refractivity contribution in [1.82, 2.24) is 15.5 Å². The molecule has 1 aliphatic heterocycles. The summed E-state index contributed by atoms with van der Waals surface area (Å²) in [6.07, 6.45) is 0. The van der Waals surface area contributed by atoms with Gasteiger partial charge in [-0.25, -0.2) is 9.59 Å². The van der Waals surface area contributed by atoms with Crippen molar-refractivity contribution in [3.63, 3.8) is 0 Å². The molecule has 0 unspecified atom stereocenters. The summed E-state index contributed by atoms with van der Waals surface area (Å²) in [7, 11) is 0. The first kappa shape index (κ1) is 7.84. The standard InChI is InChI=1S/C2H4N3O2PS2/c6-1-3-2(7)5-8(9,10)4-1/h(H4,3,4,5,6,7,9,10). The van der Waals surface area contributed by atoms with Gasteiger partial charge in [0, 0.05) is 0 Å². The van der Waals surface area contributed by atoms with Crippen molar-refractivity contribution >= 4 is 41.7 Å². The van der Waals surface area contributed by atoms with Gasteiger partial charge in [0.2, 0.25) is 0 Å². The Labute approximate surface area is 67.2 Å². The molecule has 1 rings (SSSR count). The van der Waals surface area contributed by atoms with Crippen molar-refractivity contribution in [3.8, 4) is 0 Å². The molecule has 1 heterocycles. The van der Waals surface area contributed by atoms with E-state index in [1.54, 1.807) is 0 Å². The molecule has 8 heteroatoms. The molecule has 5 nitrogen and oxygen atoms in total. The van der Waals surface area contributed by atoms with Gasteiger partial charge in [-0.3, -0.25) is 15.5 Å².